The number of carbonyl (C=O) groups excluding carboxylic acids is 1. The van der Waals surface area contributed by atoms with E-state index >= 15 is 0 Å². The Morgan fingerprint density at radius 2 is 1.81 bits per heavy atom. The first-order chi connectivity index (χ1) is 15.6. The smallest absolute Gasteiger partial charge is 0.266 e. The van der Waals surface area contributed by atoms with E-state index in [0.29, 0.717) is 32.5 Å². The van der Waals surface area contributed by atoms with Gasteiger partial charge in [0, 0.05) is 18.1 Å². The molecule has 4 rings (SSSR count). The molecule has 3 aromatic rings. The lowest BCUT2D eigenvalue weighted by Gasteiger charge is -2.24. The summed E-state index contributed by atoms with van der Waals surface area (Å²) >= 11 is 7.42. The molecule has 1 aliphatic heterocycles. The molecule has 0 radical (unpaired) electrons. The Bertz CT molecular complexity index is 1170. The third-order valence-electron chi connectivity index (χ3n) is 5.66. The lowest BCUT2D eigenvalue weighted by atomic mass is 10.1. The van der Waals surface area contributed by atoms with Crippen molar-refractivity contribution in [2.75, 3.05) is 26.0 Å². The number of aromatic nitrogens is 2. The number of rotatable bonds is 5. The van der Waals surface area contributed by atoms with Crippen molar-refractivity contribution in [1.82, 2.24) is 14.5 Å². The van der Waals surface area contributed by atoms with Crippen LogP contribution in [0, 0.1) is 0 Å². The number of methoxy groups -OCH3 is 1. The van der Waals surface area contributed by atoms with Gasteiger partial charge in [-0.25, -0.2) is 4.98 Å². The standard InChI is InChI=1S/C24H26ClN3O3S/c1-31-21-10-6-5-9-20(21)28-23(30)18-12-11-17(25)15-19(18)26-24(28)32-16-22(29)27-13-7-3-2-4-8-14-27/h5-6,9-12,15H,2-4,7-8,13-14,16H2,1H3. The van der Waals surface area contributed by atoms with Gasteiger partial charge in [0.15, 0.2) is 5.16 Å². The van der Waals surface area contributed by atoms with Gasteiger partial charge in [-0.05, 0) is 43.2 Å². The summed E-state index contributed by atoms with van der Waals surface area (Å²) < 4.78 is 7.02. The number of hydrogen-bond donors (Lipinski definition) is 0. The quantitative estimate of drug-likeness (QED) is 0.390. The van der Waals surface area contributed by atoms with Crippen molar-refractivity contribution < 1.29 is 9.53 Å². The maximum atomic E-state index is 13.5. The zero-order valence-electron chi connectivity index (χ0n) is 18.1. The predicted octanol–water partition coefficient (Wildman–Crippen LogP) is 4.93. The molecule has 1 aromatic heterocycles. The summed E-state index contributed by atoms with van der Waals surface area (Å²) in [5.41, 5.74) is 0.873. The van der Waals surface area contributed by atoms with Gasteiger partial charge in [0.2, 0.25) is 5.91 Å². The minimum atomic E-state index is -0.225. The molecule has 1 aliphatic rings. The molecule has 6 nitrogen and oxygen atoms in total. The fourth-order valence-corrected chi connectivity index (χ4v) is 5.05. The maximum absolute atomic E-state index is 13.5. The number of nitrogens with zero attached hydrogens (tertiary/aromatic N) is 3. The van der Waals surface area contributed by atoms with E-state index in [1.54, 1.807) is 31.4 Å². The molecule has 0 aliphatic carbocycles. The van der Waals surface area contributed by atoms with Gasteiger partial charge in [-0.1, -0.05) is 54.8 Å². The van der Waals surface area contributed by atoms with E-state index in [-0.39, 0.29) is 17.2 Å². The van der Waals surface area contributed by atoms with Crippen LogP contribution in [0.15, 0.2) is 52.4 Å². The first kappa shape index (κ1) is 22.7. The Balaban J connectivity index is 1.72. The van der Waals surface area contributed by atoms with Gasteiger partial charge < -0.3 is 9.64 Å². The lowest BCUT2D eigenvalue weighted by Crippen LogP contribution is -2.35. The minimum Gasteiger partial charge on any atom is -0.495 e. The van der Waals surface area contributed by atoms with E-state index in [2.05, 4.69) is 0 Å². The molecule has 32 heavy (non-hydrogen) atoms. The molecule has 1 saturated heterocycles. The van der Waals surface area contributed by atoms with E-state index in [9.17, 15) is 9.59 Å². The average molecular weight is 472 g/mol. The molecule has 2 aromatic carbocycles. The number of amides is 1. The van der Waals surface area contributed by atoms with Crippen LogP contribution in [0.25, 0.3) is 16.6 Å². The SMILES string of the molecule is COc1ccccc1-n1c(SCC(=O)N2CCCCCCC2)nc2cc(Cl)ccc2c1=O. The van der Waals surface area contributed by atoms with Crippen LogP contribution in [-0.2, 0) is 4.79 Å². The van der Waals surface area contributed by atoms with Crippen molar-refractivity contribution in [1.29, 1.82) is 0 Å². The second-order valence-electron chi connectivity index (χ2n) is 7.81. The van der Waals surface area contributed by atoms with Crippen molar-refractivity contribution in [3.63, 3.8) is 0 Å². The zero-order valence-corrected chi connectivity index (χ0v) is 19.6. The number of thioether (sulfide) groups is 1. The molecule has 0 spiro atoms. The molecule has 168 valence electrons. The minimum absolute atomic E-state index is 0.0731. The van der Waals surface area contributed by atoms with Gasteiger partial charge in [0.25, 0.3) is 5.56 Å². The highest BCUT2D eigenvalue weighted by Gasteiger charge is 2.20. The van der Waals surface area contributed by atoms with Crippen molar-refractivity contribution in [2.24, 2.45) is 0 Å². The molecule has 0 saturated carbocycles. The van der Waals surface area contributed by atoms with Crippen LogP contribution in [-0.4, -0.2) is 46.3 Å². The Labute approximate surface area is 196 Å². The zero-order chi connectivity index (χ0) is 22.5. The number of likely N-dealkylation sites (tertiary alicyclic amines) is 1. The number of benzene rings is 2. The van der Waals surface area contributed by atoms with E-state index in [0.717, 1.165) is 38.8 Å². The van der Waals surface area contributed by atoms with Gasteiger partial charge >= 0.3 is 0 Å². The maximum Gasteiger partial charge on any atom is 0.266 e. The van der Waals surface area contributed by atoms with Crippen LogP contribution in [0.3, 0.4) is 0 Å². The Morgan fingerprint density at radius 1 is 1.09 bits per heavy atom. The Kier molecular flexibility index (Phi) is 7.37. The fourth-order valence-electron chi connectivity index (χ4n) is 3.98. The van der Waals surface area contributed by atoms with Gasteiger partial charge in [-0.2, -0.15) is 0 Å². The average Bonchev–Trinajstić information content (AvgIpc) is 2.77. The Morgan fingerprint density at radius 3 is 2.56 bits per heavy atom. The second-order valence-corrected chi connectivity index (χ2v) is 9.18. The molecule has 1 fully saturated rings. The summed E-state index contributed by atoms with van der Waals surface area (Å²) in [5, 5.41) is 1.40. The summed E-state index contributed by atoms with van der Waals surface area (Å²) in [6.45, 7) is 1.58. The molecule has 0 unspecified atom stereocenters. The van der Waals surface area contributed by atoms with Crippen molar-refractivity contribution >= 4 is 40.2 Å². The van der Waals surface area contributed by atoms with Crippen molar-refractivity contribution in [3.8, 4) is 11.4 Å². The highest BCUT2D eigenvalue weighted by Crippen LogP contribution is 2.28. The molecule has 2 heterocycles. The summed E-state index contributed by atoms with van der Waals surface area (Å²) in [7, 11) is 1.57. The largest absolute Gasteiger partial charge is 0.495 e. The van der Waals surface area contributed by atoms with Crippen LogP contribution >= 0.6 is 23.4 Å². The summed E-state index contributed by atoms with van der Waals surface area (Å²) in [6, 6.07) is 12.3. The second kappa shape index (κ2) is 10.4. The number of halogens is 1. The van der Waals surface area contributed by atoms with Crippen molar-refractivity contribution in [2.45, 2.75) is 37.3 Å². The van der Waals surface area contributed by atoms with Crippen LogP contribution in [0.4, 0.5) is 0 Å². The predicted molar refractivity (Wildman–Crippen MR) is 129 cm³/mol. The fraction of sp³-hybridized carbons (Fsp3) is 0.375. The van der Waals surface area contributed by atoms with Crippen LogP contribution in [0.1, 0.15) is 32.1 Å². The number of fused-ring (bicyclic) bond motifs is 1. The van der Waals surface area contributed by atoms with E-state index in [4.69, 9.17) is 21.3 Å². The first-order valence-electron chi connectivity index (χ1n) is 10.8. The highest BCUT2D eigenvalue weighted by atomic mass is 35.5. The normalized spacial score (nSPS) is 14.8. The molecule has 0 bridgehead atoms. The van der Waals surface area contributed by atoms with Crippen LogP contribution in [0.2, 0.25) is 5.02 Å². The monoisotopic (exact) mass is 471 g/mol. The topological polar surface area (TPSA) is 64.4 Å². The van der Waals surface area contributed by atoms with Crippen LogP contribution in [0.5, 0.6) is 5.75 Å². The van der Waals surface area contributed by atoms with Crippen LogP contribution < -0.4 is 10.3 Å². The third kappa shape index (κ3) is 4.94. The van der Waals surface area contributed by atoms with E-state index in [1.165, 1.54) is 22.7 Å². The summed E-state index contributed by atoms with van der Waals surface area (Å²) in [5.74, 6) is 0.846. The summed E-state index contributed by atoms with van der Waals surface area (Å²) in [6.07, 6.45) is 5.64. The number of hydrogen-bond acceptors (Lipinski definition) is 5. The van der Waals surface area contributed by atoms with Gasteiger partial charge in [0.1, 0.15) is 5.75 Å². The van der Waals surface area contributed by atoms with Crippen molar-refractivity contribution in [3.05, 3.63) is 57.8 Å². The number of para-hydroxylation sites is 2. The third-order valence-corrected chi connectivity index (χ3v) is 6.82. The number of carbonyl (C=O) groups is 1. The van der Waals surface area contributed by atoms with Gasteiger partial charge in [-0.15, -0.1) is 0 Å². The van der Waals surface area contributed by atoms with E-state index < -0.39 is 0 Å². The molecule has 1 amide bonds. The van der Waals surface area contributed by atoms with Gasteiger partial charge in [0.05, 0.1) is 29.5 Å². The number of ether oxygens (including phenoxy) is 1. The van der Waals surface area contributed by atoms with Gasteiger partial charge in [-0.3, -0.25) is 14.2 Å². The summed E-state index contributed by atoms with van der Waals surface area (Å²) in [4.78, 5) is 33.1. The molecular formula is C24H26ClN3O3S. The molecule has 0 N–H and O–H groups in total. The highest BCUT2D eigenvalue weighted by molar-refractivity contribution is 7.99. The molecule has 8 heteroatoms. The molecular weight excluding hydrogens is 446 g/mol. The lowest BCUT2D eigenvalue weighted by molar-refractivity contribution is -0.128. The van der Waals surface area contributed by atoms with E-state index in [1.807, 2.05) is 23.1 Å². The Hall–Kier alpha value is -2.51. The molecule has 0 atom stereocenters. The first-order valence-corrected chi connectivity index (χ1v) is 12.2.